The summed E-state index contributed by atoms with van der Waals surface area (Å²) in [7, 11) is -1.37. The highest BCUT2D eigenvalue weighted by Gasteiger charge is 2.53. The number of nitrogens with one attached hydrogen (secondary N) is 4. The summed E-state index contributed by atoms with van der Waals surface area (Å²) in [5.41, 5.74) is 10.8. The van der Waals surface area contributed by atoms with E-state index in [9.17, 15) is 9.59 Å². The van der Waals surface area contributed by atoms with E-state index in [1.54, 1.807) is 18.2 Å². The second-order valence-corrected chi connectivity index (χ2v) is 21.2. The fourth-order valence-corrected chi connectivity index (χ4v) is 9.21. The van der Waals surface area contributed by atoms with Crippen LogP contribution in [0.5, 0.6) is 0 Å². The third kappa shape index (κ3) is 7.73. The van der Waals surface area contributed by atoms with Gasteiger partial charge in [-0.05, 0) is 85.4 Å². The van der Waals surface area contributed by atoms with Gasteiger partial charge in [0.2, 0.25) is 0 Å². The molecule has 0 aromatic heterocycles. The van der Waals surface area contributed by atoms with Crippen LogP contribution in [-0.2, 0) is 4.79 Å². The van der Waals surface area contributed by atoms with E-state index in [0.717, 1.165) is 44.1 Å². The van der Waals surface area contributed by atoms with Gasteiger partial charge in [-0.15, -0.1) is 10.6 Å². The topological polar surface area (TPSA) is 110 Å². The molecule has 45 heavy (non-hydrogen) atoms. The standard InChI is InChI=1S/C33H45Cl2N7O2Si/c1-32(2,3)14-13-27(21-7-9-22(10-8-21)30(43)36-20-28-38-40-41-39-28)42-31(44)29(23-17-24(34)19-25(35)18-23)37-33(42)15-11-26(12-16-33)45(4,5)6/h7-10,17-19,26-27,40-41H,11-16,20H2,1-6H3,(H,36,43)(H,38,39)/t26?,27-,33?/m1/s1. The number of rotatable bonds is 9. The Morgan fingerprint density at radius 2 is 1.73 bits per heavy atom. The first-order valence-electron chi connectivity index (χ1n) is 15.8. The van der Waals surface area contributed by atoms with E-state index in [1.165, 1.54) is 0 Å². The number of hydrazine groups is 2. The van der Waals surface area contributed by atoms with Crippen molar-refractivity contribution in [2.45, 2.75) is 96.2 Å². The van der Waals surface area contributed by atoms with Crippen LogP contribution < -0.4 is 21.8 Å². The molecule has 3 aliphatic rings. The van der Waals surface area contributed by atoms with Gasteiger partial charge in [0.1, 0.15) is 11.4 Å². The minimum atomic E-state index is -1.37. The summed E-state index contributed by atoms with van der Waals surface area (Å²) in [4.78, 5) is 34.9. The molecule has 242 valence electrons. The van der Waals surface area contributed by atoms with Gasteiger partial charge in [0.25, 0.3) is 11.8 Å². The minimum Gasteiger partial charge on any atom is -0.345 e. The molecule has 2 heterocycles. The van der Waals surface area contributed by atoms with Gasteiger partial charge in [-0.3, -0.25) is 20.0 Å². The number of amidine groups is 1. The number of hydrazone groups is 1. The van der Waals surface area contributed by atoms with Crippen molar-refractivity contribution in [3.05, 3.63) is 69.2 Å². The van der Waals surface area contributed by atoms with Crippen molar-refractivity contribution in [2.75, 3.05) is 6.54 Å². The van der Waals surface area contributed by atoms with Crippen molar-refractivity contribution in [3.63, 3.8) is 0 Å². The first-order chi connectivity index (χ1) is 21.1. The summed E-state index contributed by atoms with van der Waals surface area (Å²) >= 11 is 12.8. The van der Waals surface area contributed by atoms with Gasteiger partial charge in [-0.1, -0.05) is 75.7 Å². The number of amides is 2. The van der Waals surface area contributed by atoms with Crippen molar-refractivity contribution in [1.82, 2.24) is 26.7 Å². The molecule has 1 atom stereocenters. The lowest BCUT2D eigenvalue weighted by Crippen LogP contribution is -2.51. The molecule has 2 aromatic rings. The highest BCUT2D eigenvalue weighted by Crippen LogP contribution is 2.50. The van der Waals surface area contributed by atoms with Crippen LogP contribution in [0.1, 0.15) is 86.8 Å². The van der Waals surface area contributed by atoms with Crippen molar-refractivity contribution >= 4 is 54.6 Å². The Labute approximate surface area is 277 Å². The summed E-state index contributed by atoms with van der Waals surface area (Å²) in [6.45, 7) is 14.2. The van der Waals surface area contributed by atoms with Gasteiger partial charge < -0.3 is 10.2 Å². The zero-order chi connectivity index (χ0) is 32.6. The zero-order valence-electron chi connectivity index (χ0n) is 27.1. The Morgan fingerprint density at radius 1 is 1.09 bits per heavy atom. The fraction of sp³-hybridized carbons (Fsp3) is 0.515. The molecule has 0 radical (unpaired) electrons. The molecule has 0 bridgehead atoms. The number of hydrogen-bond donors (Lipinski definition) is 4. The maximum atomic E-state index is 14.6. The first kappa shape index (κ1) is 33.4. The third-order valence-corrected chi connectivity index (χ3v) is 12.7. The molecule has 1 saturated carbocycles. The molecular formula is C33H45Cl2N7O2Si. The summed E-state index contributed by atoms with van der Waals surface area (Å²) in [6, 6.07) is 12.7. The molecule has 2 aromatic carbocycles. The van der Waals surface area contributed by atoms with Crippen LogP contribution in [0.2, 0.25) is 35.2 Å². The van der Waals surface area contributed by atoms with Crippen LogP contribution in [0.3, 0.4) is 0 Å². The number of aliphatic imine (C=N–C) groups is 1. The second kappa shape index (κ2) is 13.1. The number of carbonyl (C=O) groups excluding carboxylic acids is 2. The monoisotopic (exact) mass is 669 g/mol. The highest BCUT2D eigenvalue weighted by atomic mass is 35.5. The van der Waals surface area contributed by atoms with Gasteiger partial charge in [-0.25, -0.2) is 5.53 Å². The first-order valence-corrected chi connectivity index (χ1v) is 20.1. The summed E-state index contributed by atoms with van der Waals surface area (Å²) in [6.07, 6.45) is 5.41. The zero-order valence-corrected chi connectivity index (χ0v) is 29.6. The largest absolute Gasteiger partial charge is 0.345 e. The lowest BCUT2D eigenvalue weighted by Gasteiger charge is -2.47. The Balaban J connectivity index is 1.50. The molecule has 1 aliphatic carbocycles. The number of halogens is 2. The van der Waals surface area contributed by atoms with Crippen LogP contribution in [0.4, 0.5) is 0 Å². The molecule has 2 aliphatic heterocycles. The smallest absolute Gasteiger partial charge is 0.275 e. The molecule has 5 rings (SSSR count). The number of carbonyl (C=O) groups is 2. The molecule has 2 amide bonds. The van der Waals surface area contributed by atoms with Crippen LogP contribution in [0.25, 0.3) is 0 Å². The van der Waals surface area contributed by atoms with E-state index in [4.69, 9.17) is 28.2 Å². The van der Waals surface area contributed by atoms with E-state index in [0.29, 0.717) is 38.3 Å². The molecule has 1 spiro atoms. The van der Waals surface area contributed by atoms with Crippen LogP contribution in [0.15, 0.2) is 52.6 Å². The Bertz CT molecular complexity index is 1470. The fourth-order valence-electron chi connectivity index (χ4n) is 6.67. The van der Waals surface area contributed by atoms with Gasteiger partial charge in [0.15, 0.2) is 5.84 Å². The van der Waals surface area contributed by atoms with E-state index in [-0.39, 0.29) is 29.8 Å². The van der Waals surface area contributed by atoms with Crippen LogP contribution in [0, 0.1) is 5.41 Å². The predicted molar refractivity (Wildman–Crippen MR) is 185 cm³/mol. The van der Waals surface area contributed by atoms with Crippen molar-refractivity contribution in [1.29, 1.82) is 0 Å². The maximum Gasteiger partial charge on any atom is 0.275 e. The lowest BCUT2D eigenvalue weighted by atomic mass is 9.83. The lowest BCUT2D eigenvalue weighted by molar-refractivity contribution is -0.133. The molecule has 9 nitrogen and oxygen atoms in total. The van der Waals surface area contributed by atoms with E-state index >= 15 is 0 Å². The quantitative estimate of drug-likeness (QED) is 0.219. The summed E-state index contributed by atoms with van der Waals surface area (Å²) in [5.74, 6) is 0.291. The molecule has 1 fully saturated rings. The predicted octanol–water partition coefficient (Wildman–Crippen LogP) is 6.83. The van der Waals surface area contributed by atoms with Gasteiger partial charge in [-0.2, -0.15) is 0 Å². The van der Waals surface area contributed by atoms with E-state index in [1.807, 2.05) is 24.3 Å². The van der Waals surface area contributed by atoms with Crippen LogP contribution >= 0.6 is 23.2 Å². The normalized spacial score (nSPS) is 22.5. The average molecular weight is 671 g/mol. The average Bonchev–Trinajstić information content (AvgIpc) is 3.58. The Morgan fingerprint density at radius 3 is 2.29 bits per heavy atom. The van der Waals surface area contributed by atoms with Crippen molar-refractivity contribution in [3.8, 4) is 0 Å². The molecule has 4 N–H and O–H groups in total. The highest BCUT2D eigenvalue weighted by molar-refractivity contribution is 6.77. The summed E-state index contributed by atoms with van der Waals surface area (Å²) in [5, 5.41) is 7.83. The Hall–Kier alpha value is -2.92. The SMILES string of the molecule is CC(C)(C)CC[C@H](c1ccc(C(=O)NCC2=NNNN2)cc1)N1C(=O)C(c2cc(Cl)cc(Cl)c2)=NC12CCC([Si](C)(C)C)CC2. The number of benzene rings is 2. The summed E-state index contributed by atoms with van der Waals surface area (Å²) < 4.78 is 0. The van der Waals surface area contributed by atoms with Crippen molar-refractivity contribution in [2.24, 2.45) is 15.5 Å². The maximum absolute atomic E-state index is 14.6. The third-order valence-electron chi connectivity index (χ3n) is 9.24. The van der Waals surface area contributed by atoms with Crippen molar-refractivity contribution < 1.29 is 9.59 Å². The number of hydrogen-bond acceptors (Lipinski definition) is 7. The van der Waals surface area contributed by atoms with Crippen LogP contribution in [-0.4, -0.2) is 48.5 Å². The molecule has 0 unspecified atom stereocenters. The molecular weight excluding hydrogens is 625 g/mol. The molecule has 12 heteroatoms. The van der Waals surface area contributed by atoms with Gasteiger partial charge in [0.05, 0.1) is 12.6 Å². The second-order valence-electron chi connectivity index (χ2n) is 14.8. The van der Waals surface area contributed by atoms with Gasteiger partial charge in [0, 0.05) is 29.2 Å². The Kier molecular flexibility index (Phi) is 9.70. The number of nitrogens with zero attached hydrogens (tertiary/aromatic N) is 3. The molecule has 0 saturated heterocycles. The minimum absolute atomic E-state index is 0.0639. The van der Waals surface area contributed by atoms with E-state index < -0.39 is 13.7 Å². The van der Waals surface area contributed by atoms with Gasteiger partial charge >= 0.3 is 0 Å². The van der Waals surface area contributed by atoms with E-state index in [2.05, 4.69) is 72.2 Å².